The third-order valence-electron chi connectivity index (χ3n) is 5.45. The number of amides is 1. The van der Waals surface area contributed by atoms with Crippen LogP contribution < -0.4 is 0 Å². The van der Waals surface area contributed by atoms with Crippen LogP contribution >= 0.6 is 0 Å². The second kappa shape index (κ2) is 7.45. The van der Waals surface area contributed by atoms with E-state index in [9.17, 15) is 9.90 Å². The minimum Gasteiger partial charge on any atom is -0.391 e. The van der Waals surface area contributed by atoms with Crippen molar-refractivity contribution in [3.05, 3.63) is 35.9 Å². The highest BCUT2D eigenvalue weighted by Gasteiger charge is 2.34. The van der Waals surface area contributed by atoms with E-state index in [4.69, 9.17) is 0 Å². The summed E-state index contributed by atoms with van der Waals surface area (Å²) in [5, 5.41) is 10.1. The van der Waals surface area contributed by atoms with E-state index in [1.54, 1.807) is 0 Å². The summed E-state index contributed by atoms with van der Waals surface area (Å²) in [6, 6.07) is 10.4. The van der Waals surface area contributed by atoms with Crippen LogP contribution in [-0.4, -0.2) is 59.1 Å². The zero-order chi connectivity index (χ0) is 16.2. The molecular weight excluding hydrogens is 288 g/mol. The molecule has 4 heteroatoms. The van der Waals surface area contributed by atoms with Crippen molar-refractivity contribution in [3.8, 4) is 0 Å². The molecule has 1 aliphatic heterocycles. The Hall–Kier alpha value is -1.39. The van der Waals surface area contributed by atoms with E-state index < -0.39 is 0 Å². The molecule has 1 saturated carbocycles. The summed E-state index contributed by atoms with van der Waals surface area (Å²) >= 11 is 0. The van der Waals surface area contributed by atoms with Gasteiger partial charge in [-0.05, 0) is 31.2 Å². The van der Waals surface area contributed by atoms with Crippen molar-refractivity contribution >= 4 is 5.91 Å². The fraction of sp³-hybridized carbons (Fsp3) is 0.632. The van der Waals surface area contributed by atoms with Crippen LogP contribution in [0.2, 0.25) is 0 Å². The maximum Gasteiger partial charge on any atom is 0.230 e. The Morgan fingerprint density at radius 3 is 2.43 bits per heavy atom. The van der Waals surface area contributed by atoms with Crippen molar-refractivity contribution in [1.29, 1.82) is 0 Å². The zero-order valence-electron chi connectivity index (χ0n) is 14.0. The summed E-state index contributed by atoms with van der Waals surface area (Å²) < 4.78 is 0. The number of carbonyl (C=O) groups excluding carboxylic acids is 1. The van der Waals surface area contributed by atoms with Crippen LogP contribution in [-0.2, 0) is 4.79 Å². The van der Waals surface area contributed by atoms with E-state index in [-0.39, 0.29) is 17.9 Å². The summed E-state index contributed by atoms with van der Waals surface area (Å²) in [4.78, 5) is 17.3. The Bertz CT molecular complexity index is 511. The van der Waals surface area contributed by atoms with Crippen molar-refractivity contribution < 1.29 is 9.90 Å². The normalized spacial score (nSPS) is 27.1. The average Bonchev–Trinajstić information content (AvgIpc) is 3.02. The van der Waals surface area contributed by atoms with Crippen LogP contribution in [0, 0.1) is 0 Å². The second-order valence-electron chi connectivity index (χ2n) is 6.80. The molecule has 0 spiro atoms. The molecule has 126 valence electrons. The standard InChI is InChI=1S/C19H28N2O2/c1-2-16(15-7-4-3-5-8-15)19(23)21-13-11-20(12-14-21)17-9-6-10-18(17)22/h3-5,7-8,16-18,22H,2,6,9-14H2,1H3/t16-,17-,18-/m0/s1. The van der Waals surface area contributed by atoms with Gasteiger partial charge in [0.05, 0.1) is 12.0 Å². The molecule has 0 aromatic heterocycles. The molecule has 0 radical (unpaired) electrons. The molecule has 1 N–H and O–H groups in total. The molecule has 23 heavy (non-hydrogen) atoms. The van der Waals surface area contributed by atoms with Gasteiger partial charge in [0.15, 0.2) is 0 Å². The molecular formula is C19H28N2O2. The lowest BCUT2D eigenvalue weighted by Gasteiger charge is -2.40. The molecule has 4 nitrogen and oxygen atoms in total. The lowest BCUT2D eigenvalue weighted by molar-refractivity contribution is -0.135. The Morgan fingerprint density at radius 1 is 1.17 bits per heavy atom. The van der Waals surface area contributed by atoms with Crippen LogP contribution in [0.4, 0.5) is 0 Å². The highest BCUT2D eigenvalue weighted by atomic mass is 16.3. The first-order valence-corrected chi connectivity index (χ1v) is 8.96. The monoisotopic (exact) mass is 316 g/mol. The van der Waals surface area contributed by atoms with Crippen molar-refractivity contribution in [1.82, 2.24) is 9.80 Å². The first kappa shape index (κ1) is 16.5. The van der Waals surface area contributed by atoms with Crippen LogP contribution in [0.3, 0.4) is 0 Å². The zero-order valence-corrected chi connectivity index (χ0v) is 14.0. The molecule has 2 fully saturated rings. The summed E-state index contributed by atoms with van der Waals surface area (Å²) in [5.41, 5.74) is 1.12. The molecule has 1 aromatic carbocycles. The van der Waals surface area contributed by atoms with Crippen molar-refractivity contribution in [2.24, 2.45) is 0 Å². The van der Waals surface area contributed by atoms with E-state index >= 15 is 0 Å². The van der Waals surface area contributed by atoms with Gasteiger partial charge in [-0.1, -0.05) is 37.3 Å². The number of carbonyl (C=O) groups is 1. The van der Waals surface area contributed by atoms with E-state index in [1.807, 2.05) is 23.1 Å². The molecule has 1 aliphatic carbocycles. The highest BCUT2D eigenvalue weighted by Crippen LogP contribution is 2.27. The van der Waals surface area contributed by atoms with Crippen molar-refractivity contribution in [3.63, 3.8) is 0 Å². The number of benzene rings is 1. The lowest BCUT2D eigenvalue weighted by atomic mass is 9.94. The van der Waals surface area contributed by atoms with Gasteiger partial charge in [-0.15, -0.1) is 0 Å². The first-order valence-electron chi connectivity index (χ1n) is 8.96. The first-order chi connectivity index (χ1) is 11.2. The Kier molecular flexibility index (Phi) is 5.34. The Labute approximate surface area is 139 Å². The van der Waals surface area contributed by atoms with Crippen LogP contribution in [0.25, 0.3) is 0 Å². The summed E-state index contributed by atoms with van der Waals surface area (Å²) in [5.74, 6) is 0.227. The van der Waals surface area contributed by atoms with Crippen molar-refractivity contribution in [2.75, 3.05) is 26.2 Å². The quantitative estimate of drug-likeness (QED) is 0.926. The summed E-state index contributed by atoms with van der Waals surface area (Å²) in [7, 11) is 0. The Morgan fingerprint density at radius 2 is 1.87 bits per heavy atom. The number of piperazine rings is 1. The summed E-state index contributed by atoms with van der Waals surface area (Å²) in [6.45, 7) is 5.43. The van der Waals surface area contributed by atoms with Gasteiger partial charge in [0.2, 0.25) is 5.91 Å². The summed E-state index contributed by atoms with van der Waals surface area (Å²) in [6.07, 6.45) is 3.80. The average molecular weight is 316 g/mol. The van der Waals surface area contributed by atoms with Gasteiger partial charge in [0, 0.05) is 32.2 Å². The molecule has 1 saturated heterocycles. The van der Waals surface area contributed by atoms with E-state index in [1.165, 1.54) is 0 Å². The van der Waals surface area contributed by atoms with Gasteiger partial charge in [-0.3, -0.25) is 9.69 Å². The van der Waals surface area contributed by atoms with E-state index in [0.29, 0.717) is 6.04 Å². The SMILES string of the molecule is CC[C@H](C(=O)N1CCN([C@H]2CCC[C@@H]2O)CC1)c1ccccc1. The van der Waals surface area contributed by atoms with Gasteiger partial charge >= 0.3 is 0 Å². The molecule has 0 bridgehead atoms. The van der Waals surface area contributed by atoms with Crippen LogP contribution in [0.5, 0.6) is 0 Å². The number of rotatable bonds is 4. The highest BCUT2D eigenvalue weighted by molar-refractivity contribution is 5.83. The smallest absolute Gasteiger partial charge is 0.230 e. The van der Waals surface area contributed by atoms with Gasteiger partial charge in [0.25, 0.3) is 0 Å². The molecule has 3 rings (SSSR count). The molecule has 1 aromatic rings. The van der Waals surface area contributed by atoms with Gasteiger partial charge < -0.3 is 10.0 Å². The maximum atomic E-state index is 12.9. The van der Waals surface area contributed by atoms with Gasteiger partial charge in [0.1, 0.15) is 0 Å². The Balaban J connectivity index is 1.59. The molecule has 1 heterocycles. The second-order valence-corrected chi connectivity index (χ2v) is 6.80. The largest absolute Gasteiger partial charge is 0.391 e. The fourth-order valence-electron chi connectivity index (χ4n) is 4.08. The molecule has 2 aliphatic rings. The maximum absolute atomic E-state index is 12.9. The molecule has 3 atom stereocenters. The minimum absolute atomic E-state index is 0.0279. The van der Waals surface area contributed by atoms with E-state index in [2.05, 4.69) is 24.0 Å². The van der Waals surface area contributed by atoms with Crippen LogP contribution in [0.1, 0.15) is 44.1 Å². The van der Waals surface area contributed by atoms with Gasteiger partial charge in [-0.25, -0.2) is 0 Å². The number of nitrogens with zero attached hydrogens (tertiary/aromatic N) is 2. The molecule has 0 unspecified atom stereocenters. The van der Waals surface area contributed by atoms with Gasteiger partial charge in [-0.2, -0.15) is 0 Å². The number of hydrogen-bond donors (Lipinski definition) is 1. The fourth-order valence-corrected chi connectivity index (χ4v) is 4.08. The number of aliphatic hydroxyl groups is 1. The minimum atomic E-state index is -0.176. The van der Waals surface area contributed by atoms with E-state index in [0.717, 1.165) is 57.4 Å². The number of aliphatic hydroxyl groups excluding tert-OH is 1. The molecule has 1 amide bonds. The van der Waals surface area contributed by atoms with Crippen LogP contribution in [0.15, 0.2) is 30.3 Å². The topological polar surface area (TPSA) is 43.8 Å². The predicted molar refractivity (Wildman–Crippen MR) is 91.3 cm³/mol. The number of hydrogen-bond acceptors (Lipinski definition) is 3. The predicted octanol–water partition coefficient (Wildman–Crippen LogP) is 2.24. The third-order valence-corrected chi connectivity index (χ3v) is 5.45. The third kappa shape index (κ3) is 3.59. The lowest BCUT2D eigenvalue weighted by Crippen LogP contribution is -2.54. The van der Waals surface area contributed by atoms with Crippen molar-refractivity contribution in [2.45, 2.75) is 50.7 Å².